The molecule has 1 aliphatic rings. The van der Waals surface area contributed by atoms with Crippen molar-refractivity contribution in [2.24, 2.45) is 5.92 Å². The Morgan fingerprint density at radius 3 is 2.38 bits per heavy atom. The molecule has 0 bridgehead atoms. The highest BCUT2D eigenvalue weighted by Crippen LogP contribution is 2.26. The molecule has 2 heterocycles. The average Bonchev–Trinajstić information content (AvgIpc) is 3.28. The molecule has 0 aliphatic carbocycles. The van der Waals surface area contributed by atoms with Crippen LogP contribution in [0.4, 0.5) is 0 Å². The molecule has 5 heteroatoms. The fraction of sp³-hybridized carbons (Fsp3) is 0.250. The third kappa shape index (κ3) is 4.09. The zero-order chi connectivity index (χ0) is 20.2. The van der Waals surface area contributed by atoms with Crippen molar-refractivity contribution in [1.29, 1.82) is 0 Å². The number of ether oxygens (including phenoxy) is 1. The van der Waals surface area contributed by atoms with Gasteiger partial charge in [-0.1, -0.05) is 54.6 Å². The third-order valence-electron chi connectivity index (χ3n) is 5.35. The molecule has 3 aromatic rings. The van der Waals surface area contributed by atoms with E-state index in [0.29, 0.717) is 24.6 Å². The number of carbonyl (C=O) groups is 2. The van der Waals surface area contributed by atoms with Gasteiger partial charge in [0.25, 0.3) is 11.9 Å². The molecule has 0 saturated carbocycles. The minimum Gasteiger partial charge on any atom is -0.468 e. The van der Waals surface area contributed by atoms with Gasteiger partial charge >= 0.3 is 0 Å². The molecule has 1 aliphatic heterocycles. The number of Topliss-reactive ketones (excluding diaryl/α,β-unsaturated/α-hetero) is 1. The Hall–Kier alpha value is -3.34. The van der Waals surface area contributed by atoms with Gasteiger partial charge in [-0.3, -0.25) is 9.59 Å². The van der Waals surface area contributed by atoms with Crippen LogP contribution < -0.4 is 4.74 Å². The molecule has 1 amide bonds. The van der Waals surface area contributed by atoms with Gasteiger partial charge in [-0.2, -0.15) is 0 Å². The van der Waals surface area contributed by atoms with E-state index in [9.17, 15) is 9.59 Å². The van der Waals surface area contributed by atoms with Gasteiger partial charge in [-0.15, -0.1) is 0 Å². The Morgan fingerprint density at radius 2 is 1.69 bits per heavy atom. The van der Waals surface area contributed by atoms with Crippen LogP contribution in [0.15, 0.2) is 71.1 Å². The summed E-state index contributed by atoms with van der Waals surface area (Å²) in [6.07, 6.45) is 1.58. The lowest BCUT2D eigenvalue weighted by Gasteiger charge is -2.31. The summed E-state index contributed by atoms with van der Waals surface area (Å²) in [5.41, 5.74) is 2.88. The van der Waals surface area contributed by atoms with Crippen LogP contribution in [0, 0.1) is 5.92 Å². The van der Waals surface area contributed by atoms with Crippen molar-refractivity contribution in [3.8, 4) is 17.1 Å². The van der Waals surface area contributed by atoms with Crippen LogP contribution in [0.25, 0.3) is 11.1 Å². The molecular weight excluding hydrogens is 366 g/mol. The van der Waals surface area contributed by atoms with Gasteiger partial charge in [-0.05, 0) is 30.0 Å². The van der Waals surface area contributed by atoms with Crippen LogP contribution in [0.2, 0.25) is 0 Å². The first-order valence-corrected chi connectivity index (χ1v) is 9.78. The summed E-state index contributed by atoms with van der Waals surface area (Å²) in [7, 11) is 1.49. The van der Waals surface area contributed by atoms with E-state index in [2.05, 4.69) is 0 Å². The first-order chi connectivity index (χ1) is 14.2. The largest absolute Gasteiger partial charge is 0.468 e. The lowest BCUT2D eigenvalue weighted by atomic mass is 9.89. The van der Waals surface area contributed by atoms with Crippen molar-refractivity contribution in [3.05, 3.63) is 78.1 Å². The summed E-state index contributed by atoms with van der Waals surface area (Å²) in [4.78, 5) is 27.4. The Labute approximate surface area is 169 Å². The van der Waals surface area contributed by atoms with E-state index in [1.54, 1.807) is 17.0 Å². The first kappa shape index (κ1) is 19.0. The zero-order valence-electron chi connectivity index (χ0n) is 16.3. The number of likely N-dealkylation sites (tertiary alicyclic amines) is 1. The first-order valence-electron chi connectivity index (χ1n) is 9.78. The summed E-state index contributed by atoms with van der Waals surface area (Å²) in [5, 5.41) is 0. The molecule has 2 aromatic carbocycles. The second-order valence-corrected chi connectivity index (χ2v) is 7.22. The van der Waals surface area contributed by atoms with E-state index in [4.69, 9.17) is 9.15 Å². The van der Waals surface area contributed by atoms with Gasteiger partial charge in [0.15, 0.2) is 11.5 Å². The minimum atomic E-state index is -0.203. The summed E-state index contributed by atoms with van der Waals surface area (Å²) in [5.74, 6) is 0.218. The smallest absolute Gasteiger partial charge is 0.289 e. The zero-order valence-corrected chi connectivity index (χ0v) is 16.3. The number of furan rings is 1. The van der Waals surface area contributed by atoms with Crippen LogP contribution in [-0.2, 0) is 0 Å². The quantitative estimate of drug-likeness (QED) is 0.594. The predicted molar refractivity (Wildman–Crippen MR) is 110 cm³/mol. The standard InChI is InChI=1S/C24H23NO4/c1-28-22-14-13-21(29-22)24(27)25-15-5-8-20(16-25)23(26)19-11-9-18(10-12-19)17-6-3-2-4-7-17/h2-4,6-7,9-14,20H,5,8,15-16H2,1H3. The Bertz CT molecular complexity index is 991. The summed E-state index contributed by atoms with van der Waals surface area (Å²) in [6.45, 7) is 1.03. The number of nitrogens with zero attached hydrogens (tertiary/aromatic N) is 1. The maximum Gasteiger partial charge on any atom is 0.289 e. The highest BCUT2D eigenvalue weighted by molar-refractivity contribution is 5.99. The van der Waals surface area contributed by atoms with Crippen molar-refractivity contribution < 1.29 is 18.7 Å². The molecule has 1 fully saturated rings. The topological polar surface area (TPSA) is 59.8 Å². The van der Waals surface area contributed by atoms with Crippen LogP contribution in [0.1, 0.15) is 33.8 Å². The molecule has 29 heavy (non-hydrogen) atoms. The van der Waals surface area contributed by atoms with E-state index < -0.39 is 0 Å². The number of carbonyl (C=O) groups excluding carboxylic acids is 2. The number of methoxy groups -OCH3 is 1. The van der Waals surface area contributed by atoms with Gasteiger partial charge in [-0.25, -0.2) is 0 Å². The normalized spacial score (nSPS) is 16.4. The molecule has 1 saturated heterocycles. The number of rotatable bonds is 5. The molecule has 0 spiro atoms. The Balaban J connectivity index is 1.45. The average molecular weight is 389 g/mol. The number of benzene rings is 2. The second kappa shape index (κ2) is 8.35. The lowest BCUT2D eigenvalue weighted by Crippen LogP contribution is -2.42. The molecule has 148 valence electrons. The van der Waals surface area contributed by atoms with Crippen LogP contribution in [0.5, 0.6) is 5.95 Å². The number of amides is 1. The van der Waals surface area contributed by atoms with E-state index in [1.165, 1.54) is 7.11 Å². The monoisotopic (exact) mass is 389 g/mol. The SMILES string of the molecule is COc1ccc(C(=O)N2CCCC(C(=O)c3ccc(-c4ccccc4)cc3)C2)o1. The van der Waals surface area contributed by atoms with E-state index in [-0.39, 0.29) is 23.4 Å². The molecule has 1 unspecified atom stereocenters. The van der Waals surface area contributed by atoms with Gasteiger partial charge in [0.1, 0.15) is 0 Å². The van der Waals surface area contributed by atoms with Gasteiger partial charge in [0, 0.05) is 30.6 Å². The number of hydrogen-bond donors (Lipinski definition) is 0. The number of hydrogen-bond acceptors (Lipinski definition) is 4. The van der Waals surface area contributed by atoms with Crippen LogP contribution >= 0.6 is 0 Å². The molecule has 1 aromatic heterocycles. The molecule has 0 radical (unpaired) electrons. The van der Waals surface area contributed by atoms with Crippen molar-refractivity contribution in [3.63, 3.8) is 0 Å². The van der Waals surface area contributed by atoms with Gasteiger partial charge < -0.3 is 14.1 Å². The van der Waals surface area contributed by atoms with Crippen molar-refractivity contribution in [2.75, 3.05) is 20.2 Å². The van der Waals surface area contributed by atoms with Crippen molar-refractivity contribution in [2.45, 2.75) is 12.8 Å². The maximum absolute atomic E-state index is 13.0. The van der Waals surface area contributed by atoms with Crippen LogP contribution in [-0.4, -0.2) is 36.8 Å². The third-order valence-corrected chi connectivity index (χ3v) is 5.35. The second-order valence-electron chi connectivity index (χ2n) is 7.22. The highest BCUT2D eigenvalue weighted by atomic mass is 16.6. The molecule has 1 atom stereocenters. The van der Waals surface area contributed by atoms with Gasteiger partial charge in [0.05, 0.1) is 7.11 Å². The fourth-order valence-corrected chi connectivity index (χ4v) is 3.77. The van der Waals surface area contributed by atoms with E-state index >= 15 is 0 Å². The minimum absolute atomic E-state index is 0.0825. The summed E-state index contributed by atoms with van der Waals surface area (Å²) < 4.78 is 10.4. The Kier molecular flexibility index (Phi) is 5.47. The fourth-order valence-electron chi connectivity index (χ4n) is 3.77. The maximum atomic E-state index is 13.0. The van der Waals surface area contributed by atoms with Crippen molar-refractivity contribution in [1.82, 2.24) is 4.90 Å². The molecule has 5 nitrogen and oxygen atoms in total. The Morgan fingerprint density at radius 1 is 0.966 bits per heavy atom. The number of piperidine rings is 1. The summed E-state index contributed by atoms with van der Waals surface area (Å²) in [6, 6.07) is 21.0. The molecule has 4 rings (SSSR count). The molecule has 0 N–H and O–H groups in total. The van der Waals surface area contributed by atoms with Crippen LogP contribution in [0.3, 0.4) is 0 Å². The summed E-state index contributed by atoms with van der Waals surface area (Å²) >= 11 is 0. The van der Waals surface area contributed by atoms with E-state index in [1.807, 2.05) is 54.6 Å². The molecular formula is C24H23NO4. The van der Waals surface area contributed by atoms with Gasteiger partial charge in [0.2, 0.25) is 0 Å². The van der Waals surface area contributed by atoms with E-state index in [0.717, 1.165) is 24.0 Å². The number of ketones is 1. The lowest BCUT2D eigenvalue weighted by molar-refractivity contribution is 0.0605. The predicted octanol–water partition coefficient (Wildman–Crippen LogP) is 4.69. The van der Waals surface area contributed by atoms with Crippen molar-refractivity contribution >= 4 is 11.7 Å². The highest BCUT2D eigenvalue weighted by Gasteiger charge is 2.30.